The van der Waals surface area contributed by atoms with Gasteiger partial charge in [-0.1, -0.05) is 18.2 Å². The molecule has 25 heavy (non-hydrogen) atoms. The fourth-order valence-electron chi connectivity index (χ4n) is 2.44. The van der Waals surface area contributed by atoms with Crippen molar-refractivity contribution in [2.75, 3.05) is 11.8 Å². The van der Waals surface area contributed by atoms with Gasteiger partial charge in [-0.15, -0.1) is 0 Å². The van der Waals surface area contributed by atoms with E-state index in [1.807, 2.05) is 0 Å². The first-order valence-electron chi connectivity index (χ1n) is 7.23. The number of imide groups is 1. The molecule has 128 valence electrons. The first kappa shape index (κ1) is 16.7. The highest BCUT2D eigenvalue weighted by Gasteiger charge is 2.28. The molecule has 0 bridgehead atoms. The van der Waals surface area contributed by atoms with Crippen LogP contribution < -0.4 is 10.0 Å². The SMILES string of the molecule is CO/C=C1\C(=O)NC(=O)c2ccc(NS(=O)(=O)c3ccccc3)cc21. The number of methoxy groups -OCH3 is 1. The summed E-state index contributed by atoms with van der Waals surface area (Å²) in [6.45, 7) is 0. The molecule has 2 aromatic carbocycles. The van der Waals surface area contributed by atoms with Crippen LogP contribution in [0, 0.1) is 0 Å². The molecule has 0 radical (unpaired) electrons. The Morgan fingerprint density at radius 2 is 1.72 bits per heavy atom. The summed E-state index contributed by atoms with van der Waals surface area (Å²) in [6.07, 6.45) is 1.20. The van der Waals surface area contributed by atoms with Gasteiger partial charge in [0, 0.05) is 16.8 Å². The molecule has 0 aliphatic carbocycles. The van der Waals surface area contributed by atoms with Crippen LogP contribution in [0.25, 0.3) is 5.57 Å². The minimum Gasteiger partial charge on any atom is -0.504 e. The fourth-order valence-corrected chi connectivity index (χ4v) is 3.51. The number of hydrogen-bond acceptors (Lipinski definition) is 5. The molecule has 2 amide bonds. The number of hydrogen-bond donors (Lipinski definition) is 2. The van der Waals surface area contributed by atoms with E-state index in [-0.39, 0.29) is 21.7 Å². The Labute approximate surface area is 144 Å². The Morgan fingerprint density at radius 1 is 1.00 bits per heavy atom. The van der Waals surface area contributed by atoms with Crippen LogP contribution in [0.5, 0.6) is 0 Å². The number of sulfonamides is 1. The molecule has 0 saturated heterocycles. The number of anilines is 1. The van der Waals surface area contributed by atoms with Crippen LogP contribution in [-0.2, 0) is 19.6 Å². The minimum atomic E-state index is -3.78. The zero-order valence-electron chi connectivity index (χ0n) is 13.1. The molecule has 1 aliphatic rings. The number of rotatable bonds is 4. The first-order valence-corrected chi connectivity index (χ1v) is 8.71. The normalized spacial score (nSPS) is 15.5. The van der Waals surface area contributed by atoms with Crippen molar-refractivity contribution in [1.29, 1.82) is 0 Å². The molecule has 8 heteroatoms. The second kappa shape index (κ2) is 6.40. The zero-order valence-corrected chi connectivity index (χ0v) is 14.0. The molecule has 0 aromatic heterocycles. The summed E-state index contributed by atoms with van der Waals surface area (Å²) in [5, 5.41) is 2.20. The van der Waals surface area contributed by atoms with E-state index < -0.39 is 21.8 Å². The summed E-state index contributed by atoms with van der Waals surface area (Å²) in [6, 6.07) is 12.2. The van der Waals surface area contributed by atoms with Gasteiger partial charge in [0.2, 0.25) is 0 Å². The van der Waals surface area contributed by atoms with Crippen molar-refractivity contribution in [3.63, 3.8) is 0 Å². The van der Waals surface area contributed by atoms with Crippen molar-refractivity contribution in [1.82, 2.24) is 5.32 Å². The highest BCUT2D eigenvalue weighted by Crippen LogP contribution is 2.28. The van der Waals surface area contributed by atoms with Crippen LogP contribution in [-0.4, -0.2) is 27.3 Å². The molecule has 0 saturated carbocycles. The van der Waals surface area contributed by atoms with Crippen molar-refractivity contribution in [2.24, 2.45) is 0 Å². The molecule has 2 aromatic rings. The lowest BCUT2D eigenvalue weighted by atomic mass is 9.95. The van der Waals surface area contributed by atoms with Gasteiger partial charge in [-0.05, 0) is 30.3 Å². The molecule has 0 fully saturated rings. The summed E-state index contributed by atoms with van der Waals surface area (Å²) in [5.41, 5.74) is 0.916. The molecule has 2 N–H and O–H groups in total. The lowest BCUT2D eigenvalue weighted by Crippen LogP contribution is -2.36. The maximum atomic E-state index is 12.4. The largest absolute Gasteiger partial charge is 0.504 e. The average Bonchev–Trinajstić information content (AvgIpc) is 2.59. The molecular formula is C17H14N2O5S. The Bertz CT molecular complexity index is 981. The number of fused-ring (bicyclic) bond motifs is 1. The zero-order chi connectivity index (χ0) is 18.0. The highest BCUT2D eigenvalue weighted by atomic mass is 32.2. The number of nitrogens with one attached hydrogen (secondary N) is 2. The van der Waals surface area contributed by atoms with Crippen LogP contribution in [0.4, 0.5) is 5.69 Å². The van der Waals surface area contributed by atoms with Gasteiger partial charge >= 0.3 is 0 Å². The van der Waals surface area contributed by atoms with Crippen LogP contribution in [0.15, 0.2) is 59.7 Å². The Kier molecular flexibility index (Phi) is 4.28. The number of benzene rings is 2. The topological polar surface area (TPSA) is 102 Å². The van der Waals surface area contributed by atoms with Crippen molar-refractivity contribution >= 4 is 33.1 Å². The van der Waals surface area contributed by atoms with Crippen molar-refractivity contribution in [3.05, 3.63) is 65.9 Å². The van der Waals surface area contributed by atoms with Gasteiger partial charge in [0.1, 0.15) is 0 Å². The first-order chi connectivity index (χ1) is 11.9. The predicted octanol–water partition coefficient (Wildman–Crippen LogP) is 1.74. The van der Waals surface area contributed by atoms with Gasteiger partial charge < -0.3 is 4.74 Å². The summed E-state index contributed by atoms with van der Waals surface area (Å²) < 4.78 is 32.1. The van der Waals surface area contributed by atoms with E-state index in [2.05, 4.69) is 10.0 Å². The summed E-state index contributed by atoms with van der Waals surface area (Å²) in [7, 11) is -2.41. The van der Waals surface area contributed by atoms with E-state index in [4.69, 9.17) is 4.74 Å². The lowest BCUT2D eigenvalue weighted by Gasteiger charge is -2.19. The van der Waals surface area contributed by atoms with Gasteiger partial charge in [0.15, 0.2) is 0 Å². The summed E-state index contributed by atoms with van der Waals surface area (Å²) in [5.74, 6) is -1.16. The summed E-state index contributed by atoms with van der Waals surface area (Å²) in [4.78, 5) is 24.0. The minimum absolute atomic E-state index is 0.106. The molecule has 0 spiro atoms. The van der Waals surface area contributed by atoms with E-state index in [1.165, 1.54) is 43.7 Å². The van der Waals surface area contributed by atoms with Gasteiger partial charge in [0.05, 0.1) is 23.8 Å². The molecular weight excluding hydrogens is 344 g/mol. The Balaban J connectivity index is 2.02. The second-order valence-electron chi connectivity index (χ2n) is 5.23. The third-order valence-corrected chi connectivity index (χ3v) is 4.96. The van der Waals surface area contributed by atoms with Gasteiger partial charge in [0.25, 0.3) is 21.8 Å². The van der Waals surface area contributed by atoms with E-state index in [0.717, 1.165) is 0 Å². The summed E-state index contributed by atoms with van der Waals surface area (Å²) >= 11 is 0. The number of ether oxygens (including phenoxy) is 1. The number of carbonyl (C=O) groups excluding carboxylic acids is 2. The van der Waals surface area contributed by atoms with Crippen molar-refractivity contribution in [3.8, 4) is 0 Å². The molecule has 3 rings (SSSR count). The quantitative estimate of drug-likeness (QED) is 0.492. The smallest absolute Gasteiger partial charge is 0.261 e. The van der Waals surface area contributed by atoms with Gasteiger partial charge in [-0.2, -0.15) is 0 Å². The molecule has 0 atom stereocenters. The predicted molar refractivity (Wildman–Crippen MR) is 91.2 cm³/mol. The molecule has 7 nitrogen and oxygen atoms in total. The standard InChI is InChI=1S/C17H14N2O5S/c1-24-10-15-14-9-11(7-8-13(14)16(20)18-17(15)21)19-25(22,23)12-5-3-2-4-6-12/h2-10,19H,1H3,(H,18,20,21)/b15-10-. The van der Waals surface area contributed by atoms with Crippen LogP contribution >= 0.6 is 0 Å². The van der Waals surface area contributed by atoms with E-state index in [0.29, 0.717) is 5.56 Å². The monoisotopic (exact) mass is 358 g/mol. The van der Waals surface area contributed by atoms with Crippen LogP contribution in [0.3, 0.4) is 0 Å². The Hall–Kier alpha value is -3.13. The van der Waals surface area contributed by atoms with Crippen LogP contribution in [0.2, 0.25) is 0 Å². The third kappa shape index (κ3) is 3.24. The van der Waals surface area contributed by atoms with E-state index in [1.54, 1.807) is 18.2 Å². The number of amides is 2. The van der Waals surface area contributed by atoms with E-state index in [9.17, 15) is 18.0 Å². The maximum absolute atomic E-state index is 12.4. The van der Waals surface area contributed by atoms with Gasteiger partial charge in [-0.25, -0.2) is 8.42 Å². The van der Waals surface area contributed by atoms with Gasteiger partial charge in [-0.3, -0.25) is 19.6 Å². The van der Waals surface area contributed by atoms with Crippen molar-refractivity contribution < 1.29 is 22.7 Å². The molecule has 1 heterocycles. The van der Waals surface area contributed by atoms with Crippen molar-refractivity contribution in [2.45, 2.75) is 4.90 Å². The van der Waals surface area contributed by atoms with Crippen LogP contribution in [0.1, 0.15) is 15.9 Å². The fraction of sp³-hybridized carbons (Fsp3) is 0.0588. The maximum Gasteiger partial charge on any atom is 0.261 e. The third-order valence-electron chi connectivity index (χ3n) is 3.57. The second-order valence-corrected chi connectivity index (χ2v) is 6.91. The molecule has 0 unspecified atom stereocenters. The average molecular weight is 358 g/mol. The highest BCUT2D eigenvalue weighted by molar-refractivity contribution is 7.92. The molecule has 1 aliphatic heterocycles. The van der Waals surface area contributed by atoms with E-state index >= 15 is 0 Å². The number of carbonyl (C=O) groups is 2. The Morgan fingerprint density at radius 3 is 2.40 bits per heavy atom. The lowest BCUT2D eigenvalue weighted by molar-refractivity contribution is -0.114.